The molecule has 0 aliphatic heterocycles. The van der Waals surface area contributed by atoms with Crippen LogP contribution in [0.15, 0.2) is 18.5 Å². The summed E-state index contributed by atoms with van der Waals surface area (Å²) in [6.45, 7) is 0. The van der Waals surface area contributed by atoms with Gasteiger partial charge in [0.1, 0.15) is 11.2 Å². The monoisotopic (exact) mass is 201 g/mol. The number of aromatic amines is 1. The second-order valence-corrected chi connectivity index (χ2v) is 3.48. The zero-order valence-corrected chi connectivity index (χ0v) is 8.57. The fourth-order valence-electron chi connectivity index (χ4n) is 1.94. The van der Waals surface area contributed by atoms with Crippen LogP contribution in [0.5, 0.6) is 0 Å². The lowest BCUT2D eigenvalue weighted by molar-refractivity contribution is 0.955. The van der Waals surface area contributed by atoms with E-state index in [-0.39, 0.29) is 0 Å². The summed E-state index contributed by atoms with van der Waals surface area (Å²) < 4.78 is 2.03. The number of nitrogens with zero attached hydrogens (tertiary/aromatic N) is 3. The van der Waals surface area contributed by atoms with E-state index in [0.717, 1.165) is 28.0 Å². The van der Waals surface area contributed by atoms with E-state index < -0.39 is 0 Å². The van der Waals surface area contributed by atoms with Crippen LogP contribution in [-0.4, -0.2) is 26.6 Å². The highest BCUT2D eigenvalue weighted by molar-refractivity contribution is 6.01. The van der Waals surface area contributed by atoms with Gasteiger partial charge in [-0.1, -0.05) is 0 Å². The number of pyridine rings is 1. The van der Waals surface area contributed by atoms with Crippen LogP contribution in [0.4, 0.5) is 5.95 Å². The molecular weight excluding hydrogens is 190 g/mol. The van der Waals surface area contributed by atoms with E-state index in [9.17, 15) is 0 Å². The van der Waals surface area contributed by atoms with Crippen molar-refractivity contribution in [1.29, 1.82) is 0 Å². The summed E-state index contributed by atoms with van der Waals surface area (Å²) in [6.07, 6.45) is 3.68. The van der Waals surface area contributed by atoms with E-state index in [0.29, 0.717) is 0 Å². The fraction of sp³-hybridized carbons (Fsp3) is 0.200. The Labute approximate surface area is 86.1 Å². The average Bonchev–Trinajstić information content (AvgIpc) is 2.81. The summed E-state index contributed by atoms with van der Waals surface area (Å²) in [4.78, 5) is 11.8. The van der Waals surface area contributed by atoms with Gasteiger partial charge in [0.15, 0.2) is 0 Å². The molecule has 0 bridgehead atoms. The SMILES string of the molecule is CNc1nc2cnc3[nH]ccc3c2n1C. The van der Waals surface area contributed by atoms with E-state index in [1.54, 1.807) is 6.20 Å². The number of imidazole rings is 1. The number of aryl methyl sites for hydroxylation is 1. The molecule has 5 nitrogen and oxygen atoms in total. The molecule has 0 unspecified atom stereocenters. The molecule has 2 N–H and O–H groups in total. The molecular formula is C10H11N5. The minimum absolute atomic E-state index is 0.848. The van der Waals surface area contributed by atoms with Crippen LogP contribution in [0.3, 0.4) is 0 Å². The molecule has 0 radical (unpaired) electrons. The van der Waals surface area contributed by atoms with Crippen LogP contribution in [0.2, 0.25) is 0 Å². The summed E-state index contributed by atoms with van der Waals surface area (Å²) in [5.74, 6) is 0.848. The van der Waals surface area contributed by atoms with Gasteiger partial charge in [-0.3, -0.25) is 0 Å². The van der Waals surface area contributed by atoms with Crippen molar-refractivity contribution >= 4 is 28.0 Å². The minimum Gasteiger partial charge on any atom is -0.359 e. The normalized spacial score (nSPS) is 11.3. The highest BCUT2D eigenvalue weighted by Crippen LogP contribution is 2.24. The first-order valence-corrected chi connectivity index (χ1v) is 4.77. The maximum atomic E-state index is 4.44. The van der Waals surface area contributed by atoms with Gasteiger partial charge < -0.3 is 14.9 Å². The third kappa shape index (κ3) is 0.971. The molecule has 0 saturated heterocycles. The standard InChI is InChI=1S/C10H11N5/c1-11-10-14-7-5-13-9-6(3-4-12-9)8(7)15(10)2/h3-5H,1-2H3,(H,11,14)(H,12,13). The second-order valence-electron chi connectivity index (χ2n) is 3.48. The summed E-state index contributed by atoms with van der Waals surface area (Å²) in [5, 5.41) is 4.16. The van der Waals surface area contributed by atoms with Crippen LogP contribution < -0.4 is 5.32 Å². The number of H-pyrrole nitrogens is 1. The zero-order chi connectivity index (χ0) is 10.4. The van der Waals surface area contributed by atoms with Gasteiger partial charge in [0, 0.05) is 25.7 Å². The van der Waals surface area contributed by atoms with Crippen LogP contribution in [0, 0.1) is 0 Å². The van der Waals surface area contributed by atoms with Gasteiger partial charge in [0.05, 0.1) is 11.7 Å². The molecule has 15 heavy (non-hydrogen) atoms. The maximum absolute atomic E-state index is 4.44. The highest BCUT2D eigenvalue weighted by Gasteiger charge is 2.10. The fourth-order valence-corrected chi connectivity index (χ4v) is 1.94. The summed E-state index contributed by atoms with van der Waals surface area (Å²) in [7, 11) is 3.86. The van der Waals surface area contributed by atoms with Gasteiger partial charge in [-0.2, -0.15) is 0 Å². The van der Waals surface area contributed by atoms with Crippen LogP contribution in [0.25, 0.3) is 22.1 Å². The van der Waals surface area contributed by atoms with Gasteiger partial charge >= 0.3 is 0 Å². The molecule has 0 spiro atoms. The lowest BCUT2D eigenvalue weighted by Gasteiger charge is -2.00. The molecule has 3 aromatic rings. The molecule has 0 fully saturated rings. The second kappa shape index (κ2) is 2.73. The third-order valence-electron chi connectivity index (χ3n) is 2.64. The van der Waals surface area contributed by atoms with Crippen molar-refractivity contribution < 1.29 is 0 Å². The molecule has 0 aliphatic carbocycles. The Morgan fingerprint density at radius 1 is 1.47 bits per heavy atom. The molecule has 3 aromatic heterocycles. The van der Waals surface area contributed by atoms with E-state index in [2.05, 4.69) is 20.3 Å². The molecule has 0 atom stereocenters. The van der Waals surface area contributed by atoms with E-state index in [1.165, 1.54) is 0 Å². The highest BCUT2D eigenvalue weighted by atomic mass is 15.2. The zero-order valence-electron chi connectivity index (χ0n) is 8.57. The summed E-state index contributed by atoms with van der Waals surface area (Å²) >= 11 is 0. The molecule has 3 rings (SSSR count). The Kier molecular flexibility index (Phi) is 1.50. The lowest BCUT2D eigenvalue weighted by atomic mass is 10.3. The van der Waals surface area contributed by atoms with Crippen molar-refractivity contribution in [2.45, 2.75) is 0 Å². The topological polar surface area (TPSA) is 58.5 Å². The van der Waals surface area contributed by atoms with E-state index in [1.807, 2.05) is 30.9 Å². The molecule has 5 heteroatoms. The Hall–Kier alpha value is -2.04. The molecule has 0 aromatic carbocycles. The van der Waals surface area contributed by atoms with E-state index >= 15 is 0 Å². The number of rotatable bonds is 1. The Morgan fingerprint density at radius 2 is 2.33 bits per heavy atom. The molecule has 0 saturated carbocycles. The van der Waals surface area contributed by atoms with Gasteiger partial charge in [0.25, 0.3) is 0 Å². The van der Waals surface area contributed by atoms with E-state index in [4.69, 9.17) is 0 Å². The van der Waals surface area contributed by atoms with Gasteiger partial charge in [-0.05, 0) is 6.07 Å². The van der Waals surface area contributed by atoms with Gasteiger partial charge in [-0.15, -0.1) is 0 Å². The smallest absolute Gasteiger partial charge is 0.203 e. The van der Waals surface area contributed by atoms with Crippen molar-refractivity contribution in [1.82, 2.24) is 19.5 Å². The van der Waals surface area contributed by atoms with Crippen molar-refractivity contribution in [3.63, 3.8) is 0 Å². The predicted molar refractivity (Wildman–Crippen MR) is 59.9 cm³/mol. The molecule has 0 amide bonds. The first-order chi connectivity index (χ1) is 7.31. The lowest BCUT2D eigenvalue weighted by Crippen LogP contribution is -1.97. The van der Waals surface area contributed by atoms with Gasteiger partial charge in [-0.25, -0.2) is 9.97 Å². The summed E-state index contributed by atoms with van der Waals surface area (Å²) in [6, 6.07) is 2.02. The predicted octanol–water partition coefficient (Wildman–Crippen LogP) is 1.49. The Bertz CT molecular complexity index is 634. The molecule has 3 heterocycles. The minimum atomic E-state index is 0.848. The number of aromatic nitrogens is 4. The van der Waals surface area contributed by atoms with Crippen LogP contribution >= 0.6 is 0 Å². The maximum Gasteiger partial charge on any atom is 0.203 e. The number of anilines is 1. The third-order valence-corrected chi connectivity index (χ3v) is 2.64. The average molecular weight is 201 g/mol. The van der Waals surface area contributed by atoms with Gasteiger partial charge in [0.2, 0.25) is 5.95 Å². The van der Waals surface area contributed by atoms with Crippen LogP contribution in [-0.2, 0) is 7.05 Å². The van der Waals surface area contributed by atoms with Crippen molar-refractivity contribution in [2.75, 3.05) is 12.4 Å². The summed E-state index contributed by atoms with van der Waals surface area (Å²) in [5.41, 5.74) is 2.91. The Morgan fingerprint density at radius 3 is 3.13 bits per heavy atom. The number of hydrogen-bond donors (Lipinski definition) is 2. The molecule has 76 valence electrons. The van der Waals surface area contributed by atoms with Crippen molar-refractivity contribution in [2.24, 2.45) is 7.05 Å². The van der Waals surface area contributed by atoms with Crippen LogP contribution in [0.1, 0.15) is 0 Å². The first kappa shape index (κ1) is 8.28. The van der Waals surface area contributed by atoms with Crippen molar-refractivity contribution in [3.05, 3.63) is 18.5 Å². The molecule has 0 aliphatic rings. The van der Waals surface area contributed by atoms with Crippen molar-refractivity contribution in [3.8, 4) is 0 Å². The first-order valence-electron chi connectivity index (χ1n) is 4.77. The quantitative estimate of drug-likeness (QED) is 0.627. The number of hydrogen-bond acceptors (Lipinski definition) is 3. The number of fused-ring (bicyclic) bond motifs is 3. The number of nitrogens with one attached hydrogen (secondary N) is 2. The largest absolute Gasteiger partial charge is 0.359 e. The Balaban J connectivity index is 2.55.